The second kappa shape index (κ2) is 7.59. The lowest BCUT2D eigenvalue weighted by Crippen LogP contribution is -2.51. The van der Waals surface area contributed by atoms with Gasteiger partial charge >= 0.3 is 5.97 Å². The van der Waals surface area contributed by atoms with Gasteiger partial charge in [0.15, 0.2) is 0 Å². The van der Waals surface area contributed by atoms with E-state index in [1.54, 1.807) is 19.0 Å². The summed E-state index contributed by atoms with van der Waals surface area (Å²) in [7, 11) is 3.52. The second-order valence-corrected chi connectivity index (χ2v) is 6.07. The maximum atomic E-state index is 11.6. The predicted octanol–water partition coefficient (Wildman–Crippen LogP) is 0.238. The van der Waals surface area contributed by atoms with Crippen molar-refractivity contribution in [2.75, 3.05) is 33.7 Å². The minimum atomic E-state index is -0.787. The van der Waals surface area contributed by atoms with E-state index in [0.29, 0.717) is 6.54 Å². The van der Waals surface area contributed by atoms with Crippen LogP contribution in [0.25, 0.3) is 0 Å². The molecule has 0 radical (unpaired) electrons. The molecule has 0 aromatic heterocycles. The van der Waals surface area contributed by atoms with E-state index in [1.807, 2.05) is 13.8 Å². The lowest BCUT2D eigenvalue weighted by molar-refractivity contribution is -0.141. The maximum absolute atomic E-state index is 11.6. The van der Waals surface area contributed by atoms with E-state index in [9.17, 15) is 14.7 Å². The standard InChI is InChI=1S/C14H27N3O3/c1-10(2)13(14(19)20)15-11-5-7-17(8-6-11)9-12(18)16(3)4/h10-11,13,15H,5-9H2,1-4H3,(H,19,20). The molecule has 1 amide bonds. The number of carbonyl (C=O) groups is 2. The number of nitrogens with one attached hydrogen (secondary N) is 1. The fourth-order valence-electron chi connectivity index (χ4n) is 2.39. The Labute approximate surface area is 121 Å². The third-order valence-corrected chi connectivity index (χ3v) is 3.79. The zero-order valence-corrected chi connectivity index (χ0v) is 12.9. The summed E-state index contributed by atoms with van der Waals surface area (Å²) in [5, 5.41) is 12.4. The van der Waals surface area contributed by atoms with Crippen molar-refractivity contribution in [1.82, 2.24) is 15.1 Å². The summed E-state index contributed by atoms with van der Waals surface area (Å²) in [5.41, 5.74) is 0. The lowest BCUT2D eigenvalue weighted by atomic mass is 9.99. The van der Waals surface area contributed by atoms with Gasteiger partial charge in [0.2, 0.25) is 5.91 Å². The number of aliphatic carboxylic acids is 1. The number of carbonyl (C=O) groups excluding carboxylic acids is 1. The Hall–Kier alpha value is -1.14. The predicted molar refractivity (Wildman–Crippen MR) is 77.6 cm³/mol. The Bertz CT molecular complexity index is 337. The number of amides is 1. The van der Waals surface area contributed by atoms with Crippen LogP contribution in [-0.2, 0) is 9.59 Å². The molecule has 1 rings (SSSR count). The molecule has 20 heavy (non-hydrogen) atoms. The van der Waals surface area contributed by atoms with Crippen LogP contribution in [0.2, 0.25) is 0 Å². The van der Waals surface area contributed by atoms with Crippen molar-refractivity contribution in [3.8, 4) is 0 Å². The molecular weight excluding hydrogens is 258 g/mol. The molecule has 116 valence electrons. The number of carboxylic acid groups (broad SMARTS) is 1. The first kappa shape index (κ1) is 16.9. The third kappa shape index (κ3) is 5.09. The minimum absolute atomic E-state index is 0.0702. The topological polar surface area (TPSA) is 72.9 Å². The van der Waals surface area contributed by atoms with Crippen LogP contribution in [0.3, 0.4) is 0 Å². The van der Waals surface area contributed by atoms with Gasteiger partial charge in [0.05, 0.1) is 6.54 Å². The van der Waals surface area contributed by atoms with Gasteiger partial charge in [-0.1, -0.05) is 13.8 Å². The molecule has 0 aliphatic carbocycles. The zero-order chi connectivity index (χ0) is 15.3. The van der Waals surface area contributed by atoms with Gasteiger partial charge in [-0.05, 0) is 18.8 Å². The number of likely N-dealkylation sites (tertiary alicyclic amines) is 1. The molecule has 2 N–H and O–H groups in total. The Morgan fingerprint density at radius 2 is 1.85 bits per heavy atom. The van der Waals surface area contributed by atoms with E-state index in [2.05, 4.69) is 10.2 Å². The molecule has 0 aromatic carbocycles. The van der Waals surface area contributed by atoms with E-state index >= 15 is 0 Å². The van der Waals surface area contributed by atoms with Gasteiger partial charge in [0.25, 0.3) is 0 Å². The molecule has 1 atom stereocenters. The van der Waals surface area contributed by atoms with Gasteiger partial charge in [0.1, 0.15) is 6.04 Å². The number of likely N-dealkylation sites (N-methyl/N-ethyl adjacent to an activating group) is 1. The molecule has 0 saturated carbocycles. The SMILES string of the molecule is CC(C)C(NC1CCN(CC(=O)N(C)C)CC1)C(=O)O. The average molecular weight is 285 g/mol. The highest BCUT2D eigenvalue weighted by molar-refractivity contribution is 5.77. The normalized spacial score (nSPS) is 19.1. The lowest BCUT2D eigenvalue weighted by Gasteiger charge is -2.34. The van der Waals surface area contributed by atoms with Gasteiger partial charge in [-0.3, -0.25) is 14.5 Å². The maximum Gasteiger partial charge on any atom is 0.320 e. The molecule has 1 fully saturated rings. The Kier molecular flexibility index (Phi) is 6.42. The van der Waals surface area contributed by atoms with Gasteiger partial charge in [0, 0.05) is 33.2 Å². The first-order valence-corrected chi connectivity index (χ1v) is 7.22. The van der Waals surface area contributed by atoms with Crippen LogP contribution in [0.15, 0.2) is 0 Å². The van der Waals surface area contributed by atoms with Crippen molar-refractivity contribution in [3.05, 3.63) is 0 Å². The van der Waals surface area contributed by atoms with Crippen molar-refractivity contribution >= 4 is 11.9 Å². The van der Waals surface area contributed by atoms with E-state index in [0.717, 1.165) is 25.9 Å². The highest BCUT2D eigenvalue weighted by Gasteiger charge is 2.27. The van der Waals surface area contributed by atoms with E-state index in [4.69, 9.17) is 0 Å². The number of rotatable bonds is 6. The summed E-state index contributed by atoms with van der Waals surface area (Å²) < 4.78 is 0. The molecule has 0 aromatic rings. The molecule has 1 aliphatic rings. The van der Waals surface area contributed by atoms with Crippen molar-refractivity contribution in [2.45, 2.75) is 38.8 Å². The van der Waals surface area contributed by atoms with E-state index in [1.165, 1.54) is 0 Å². The van der Waals surface area contributed by atoms with Crippen molar-refractivity contribution in [3.63, 3.8) is 0 Å². The number of piperidine rings is 1. The van der Waals surface area contributed by atoms with Gasteiger partial charge in [-0.15, -0.1) is 0 Å². The van der Waals surface area contributed by atoms with Crippen LogP contribution >= 0.6 is 0 Å². The van der Waals surface area contributed by atoms with Gasteiger partial charge < -0.3 is 15.3 Å². The molecule has 6 heteroatoms. The van der Waals surface area contributed by atoms with Crippen LogP contribution in [0, 0.1) is 5.92 Å². The van der Waals surface area contributed by atoms with Crippen molar-refractivity contribution in [2.24, 2.45) is 5.92 Å². The van der Waals surface area contributed by atoms with Crippen LogP contribution in [-0.4, -0.2) is 72.6 Å². The number of hydrogen-bond acceptors (Lipinski definition) is 4. The molecule has 1 unspecified atom stereocenters. The smallest absolute Gasteiger partial charge is 0.320 e. The quantitative estimate of drug-likeness (QED) is 0.731. The molecular formula is C14H27N3O3. The summed E-state index contributed by atoms with van der Waals surface area (Å²) >= 11 is 0. The highest BCUT2D eigenvalue weighted by Crippen LogP contribution is 2.13. The summed E-state index contributed by atoms with van der Waals surface area (Å²) in [4.78, 5) is 26.5. The highest BCUT2D eigenvalue weighted by atomic mass is 16.4. The van der Waals surface area contributed by atoms with Crippen LogP contribution in [0.4, 0.5) is 0 Å². The first-order chi connectivity index (χ1) is 9.31. The fourth-order valence-corrected chi connectivity index (χ4v) is 2.39. The van der Waals surface area contributed by atoms with Crippen LogP contribution in [0.5, 0.6) is 0 Å². The largest absolute Gasteiger partial charge is 0.480 e. The van der Waals surface area contributed by atoms with Crippen LogP contribution < -0.4 is 5.32 Å². The minimum Gasteiger partial charge on any atom is -0.480 e. The first-order valence-electron chi connectivity index (χ1n) is 7.22. The molecule has 1 heterocycles. The van der Waals surface area contributed by atoms with Crippen molar-refractivity contribution < 1.29 is 14.7 Å². The Balaban J connectivity index is 2.38. The number of hydrogen-bond donors (Lipinski definition) is 2. The molecule has 1 saturated heterocycles. The van der Waals surface area contributed by atoms with E-state index in [-0.39, 0.29) is 17.9 Å². The number of nitrogens with zero attached hydrogens (tertiary/aromatic N) is 2. The summed E-state index contributed by atoms with van der Waals surface area (Å²) in [6.07, 6.45) is 1.77. The fraction of sp³-hybridized carbons (Fsp3) is 0.857. The molecule has 0 spiro atoms. The second-order valence-electron chi connectivity index (χ2n) is 6.07. The third-order valence-electron chi connectivity index (χ3n) is 3.79. The van der Waals surface area contributed by atoms with E-state index < -0.39 is 12.0 Å². The summed E-state index contributed by atoms with van der Waals surface area (Å²) in [6, 6.07) is -0.265. The van der Waals surface area contributed by atoms with Gasteiger partial charge in [-0.25, -0.2) is 0 Å². The molecule has 6 nitrogen and oxygen atoms in total. The average Bonchev–Trinajstić information content (AvgIpc) is 2.36. The summed E-state index contributed by atoms with van der Waals surface area (Å²) in [5.74, 6) is -0.604. The van der Waals surface area contributed by atoms with Crippen LogP contribution in [0.1, 0.15) is 26.7 Å². The van der Waals surface area contributed by atoms with Gasteiger partial charge in [-0.2, -0.15) is 0 Å². The Morgan fingerprint density at radius 3 is 2.25 bits per heavy atom. The van der Waals surface area contributed by atoms with Crippen molar-refractivity contribution in [1.29, 1.82) is 0 Å². The summed E-state index contributed by atoms with van der Waals surface area (Å²) in [6.45, 7) is 5.95. The monoisotopic (exact) mass is 285 g/mol. The zero-order valence-electron chi connectivity index (χ0n) is 12.9. The molecule has 0 bridgehead atoms. The number of carboxylic acids is 1. The Morgan fingerprint density at radius 1 is 1.30 bits per heavy atom. The molecule has 1 aliphatic heterocycles.